The van der Waals surface area contributed by atoms with Crippen LogP contribution in [0.2, 0.25) is 0 Å². The molecule has 5 heteroatoms. The fourth-order valence-electron chi connectivity index (χ4n) is 4.85. The van der Waals surface area contributed by atoms with Crippen LogP contribution in [0.4, 0.5) is 0 Å². The summed E-state index contributed by atoms with van der Waals surface area (Å²) < 4.78 is 11.1. The van der Waals surface area contributed by atoms with Gasteiger partial charge in [0, 0.05) is 13.1 Å². The van der Waals surface area contributed by atoms with Gasteiger partial charge in [-0.15, -0.1) is 0 Å². The number of fused-ring (bicyclic) bond motifs is 5. The van der Waals surface area contributed by atoms with Crippen LogP contribution >= 0.6 is 0 Å². The maximum absolute atomic E-state index is 5.60. The van der Waals surface area contributed by atoms with E-state index in [0.29, 0.717) is 12.1 Å². The summed E-state index contributed by atoms with van der Waals surface area (Å²) in [6.07, 6.45) is 2.07. The van der Waals surface area contributed by atoms with E-state index < -0.39 is 0 Å². The maximum Gasteiger partial charge on any atom is 0.197 e. The maximum atomic E-state index is 5.60. The highest BCUT2D eigenvalue weighted by Gasteiger charge is 2.43. The summed E-state index contributed by atoms with van der Waals surface area (Å²) in [4.78, 5) is 9.88. The van der Waals surface area contributed by atoms with Gasteiger partial charge in [-0.25, -0.2) is 0 Å². The van der Waals surface area contributed by atoms with Gasteiger partial charge in [0.25, 0.3) is 0 Å². The SMILES string of the molecule is COc1cc2c(cc1OC)[C@H]1C[C@H](c3ccccc3)N3CCN=C3N1CC2. The molecule has 2 atom stereocenters. The summed E-state index contributed by atoms with van der Waals surface area (Å²) in [5, 5.41) is 0. The van der Waals surface area contributed by atoms with Gasteiger partial charge in [-0.2, -0.15) is 0 Å². The van der Waals surface area contributed by atoms with Crippen molar-refractivity contribution in [2.45, 2.75) is 24.9 Å². The number of guanidine groups is 1. The molecule has 3 aliphatic rings. The van der Waals surface area contributed by atoms with Crippen LogP contribution in [0.25, 0.3) is 0 Å². The molecule has 5 rings (SSSR count). The molecule has 0 amide bonds. The molecule has 2 aromatic rings. The second-order valence-electron chi connectivity index (χ2n) is 7.40. The van der Waals surface area contributed by atoms with E-state index in [2.05, 4.69) is 52.3 Å². The summed E-state index contributed by atoms with van der Waals surface area (Å²) in [7, 11) is 3.41. The number of benzene rings is 2. The van der Waals surface area contributed by atoms with Gasteiger partial charge in [0.2, 0.25) is 0 Å². The lowest BCUT2D eigenvalue weighted by Gasteiger charge is -2.49. The van der Waals surface area contributed by atoms with Crippen molar-refractivity contribution in [3.8, 4) is 11.5 Å². The molecule has 1 saturated heterocycles. The van der Waals surface area contributed by atoms with Crippen LogP contribution in [0.5, 0.6) is 11.5 Å². The molecule has 0 aromatic heterocycles. The molecule has 0 aliphatic carbocycles. The van der Waals surface area contributed by atoms with Crippen LogP contribution in [0, 0.1) is 0 Å². The van der Waals surface area contributed by atoms with Crippen molar-refractivity contribution in [1.29, 1.82) is 0 Å². The van der Waals surface area contributed by atoms with E-state index in [0.717, 1.165) is 44.0 Å². The Morgan fingerprint density at radius 2 is 1.67 bits per heavy atom. The van der Waals surface area contributed by atoms with E-state index in [4.69, 9.17) is 14.5 Å². The van der Waals surface area contributed by atoms with Crippen LogP contribution in [0.15, 0.2) is 47.5 Å². The molecule has 0 radical (unpaired) electrons. The molecule has 3 heterocycles. The Kier molecular flexibility index (Phi) is 3.96. The average molecular weight is 363 g/mol. The van der Waals surface area contributed by atoms with E-state index in [9.17, 15) is 0 Å². The largest absolute Gasteiger partial charge is 0.493 e. The predicted molar refractivity (Wildman–Crippen MR) is 106 cm³/mol. The molecule has 0 saturated carbocycles. The van der Waals surface area contributed by atoms with Gasteiger partial charge < -0.3 is 19.3 Å². The zero-order valence-electron chi connectivity index (χ0n) is 15.9. The van der Waals surface area contributed by atoms with Crippen molar-refractivity contribution in [3.05, 3.63) is 59.2 Å². The molecule has 0 unspecified atom stereocenters. The van der Waals surface area contributed by atoms with Crippen LogP contribution < -0.4 is 9.47 Å². The number of nitrogens with zero attached hydrogens (tertiary/aromatic N) is 3. The van der Waals surface area contributed by atoms with Gasteiger partial charge in [-0.05, 0) is 41.7 Å². The standard InChI is InChI=1S/C22H25N3O2/c1-26-20-12-16-8-10-24-19(17(16)13-21(20)27-2)14-18(15-6-4-3-5-7-15)25-11-9-23-22(24)25/h3-7,12-13,18-19H,8-11,14H2,1-2H3/t18-,19-/m1/s1. The summed E-state index contributed by atoms with van der Waals surface area (Å²) in [5.41, 5.74) is 4.10. The van der Waals surface area contributed by atoms with E-state index in [1.54, 1.807) is 14.2 Å². The molecule has 140 valence electrons. The van der Waals surface area contributed by atoms with E-state index in [1.807, 2.05) is 0 Å². The Morgan fingerprint density at radius 3 is 2.44 bits per heavy atom. The molecule has 2 aromatic carbocycles. The Morgan fingerprint density at radius 1 is 0.926 bits per heavy atom. The summed E-state index contributed by atoms with van der Waals surface area (Å²) in [5.74, 6) is 2.80. The van der Waals surface area contributed by atoms with E-state index in [-0.39, 0.29) is 0 Å². The lowest BCUT2D eigenvalue weighted by atomic mass is 9.84. The third kappa shape index (κ3) is 2.56. The molecular weight excluding hydrogens is 338 g/mol. The Labute approximate surface area is 160 Å². The van der Waals surface area contributed by atoms with Gasteiger partial charge >= 0.3 is 0 Å². The van der Waals surface area contributed by atoms with Crippen LogP contribution in [0.1, 0.15) is 35.2 Å². The van der Waals surface area contributed by atoms with Crippen LogP contribution in [0.3, 0.4) is 0 Å². The molecule has 0 bridgehead atoms. The lowest BCUT2D eigenvalue weighted by Crippen LogP contribution is -2.53. The number of methoxy groups -OCH3 is 2. The van der Waals surface area contributed by atoms with Crippen LogP contribution in [-0.4, -0.2) is 49.6 Å². The monoisotopic (exact) mass is 363 g/mol. The first-order valence-corrected chi connectivity index (χ1v) is 9.67. The Balaban J connectivity index is 1.59. The number of hydrogen-bond acceptors (Lipinski definition) is 5. The topological polar surface area (TPSA) is 37.3 Å². The minimum atomic E-state index is 0.326. The Hall–Kier alpha value is -2.69. The van der Waals surface area contributed by atoms with E-state index >= 15 is 0 Å². The summed E-state index contributed by atoms with van der Waals surface area (Å²) >= 11 is 0. The van der Waals surface area contributed by atoms with E-state index in [1.165, 1.54) is 22.6 Å². The number of aliphatic imine (C=N–C) groups is 1. The first-order valence-electron chi connectivity index (χ1n) is 9.67. The van der Waals surface area contributed by atoms with Gasteiger partial charge in [0.15, 0.2) is 17.5 Å². The van der Waals surface area contributed by atoms with Crippen molar-refractivity contribution < 1.29 is 9.47 Å². The predicted octanol–water partition coefficient (Wildman–Crippen LogP) is 3.42. The minimum absolute atomic E-state index is 0.326. The third-order valence-corrected chi connectivity index (χ3v) is 6.12. The molecule has 5 nitrogen and oxygen atoms in total. The highest BCUT2D eigenvalue weighted by molar-refractivity contribution is 5.84. The molecular formula is C22H25N3O2. The van der Waals surface area contributed by atoms with Gasteiger partial charge in [-0.3, -0.25) is 4.99 Å². The summed E-state index contributed by atoms with van der Waals surface area (Å²) in [6, 6.07) is 15.9. The number of hydrogen-bond donors (Lipinski definition) is 0. The van der Waals surface area contributed by atoms with Gasteiger partial charge in [0.1, 0.15) is 0 Å². The van der Waals surface area contributed by atoms with Crippen molar-refractivity contribution >= 4 is 5.96 Å². The first kappa shape index (κ1) is 16.5. The molecule has 3 aliphatic heterocycles. The Bertz CT molecular complexity index is 881. The quantitative estimate of drug-likeness (QED) is 0.837. The zero-order chi connectivity index (χ0) is 18.4. The zero-order valence-corrected chi connectivity index (χ0v) is 15.9. The number of rotatable bonds is 3. The fraction of sp³-hybridized carbons (Fsp3) is 0.409. The van der Waals surface area contributed by atoms with Crippen molar-refractivity contribution in [1.82, 2.24) is 9.80 Å². The minimum Gasteiger partial charge on any atom is -0.493 e. The second kappa shape index (κ2) is 6.48. The van der Waals surface area contributed by atoms with Crippen molar-refractivity contribution in [2.24, 2.45) is 4.99 Å². The third-order valence-electron chi connectivity index (χ3n) is 6.12. The lowest BCUT2D eigenvalue weighted by molar-refractivity contribution is 0.143. The van der Waals surface area contributed by atoms with Gasteiger partial charge in [-0.1, -0.05) is 30.3 Å². The highest BCUT2D eigenvalue weighted by Crippen LogP contribution is 2.46. The average Bonchev–Trinajstić information content (AvgIpc) is 3.22. The smallest absolute Gasteiger partial charge is 0.197 e. The van der Waals surface area contributed by atoms with Gasteiger partial charge in [0.05, 0.1) is 32.8 Å². The van der Waals surface area contributed by atoms with Crippen LogP contribution in [-0.2, 0) is 6.42 Å². The second-order valence-corrected chi connectivity index (χ2v) is 7.40. The fourth-order valence-corrected chi connectivity index (χ4v) is 4.85. The normalized spacial score (nSPS) is 23.3. The molecule has 0 spiro atoms. The molecule has 1 fully saturated rings. The molecule has 0 N–H and O–H groups in total. The van der Waals surface area contributed by atoms with Crippen molar-refractivity contribution in [3.63, 3.8) is 0 Å². The van der Waals surface area contributed by atoms with Crippen molar-refractivity contribution in [2.75, 3.05) is 33.9 Å². The first-order chi connectivity index (χ1) is 13.3. The summed E-state index contributed by atoms with van der Waals surface area (Å²) in [6.45, 7) is 2.90. The number of ether oxygens (including phenoxy) is 2. The molecule has 27 heavy (non-hydrogen) atoms. The highest BCUT2D eigenvalue weighted by atomic mass is 16.5.